The highest BCUT2D eigenvalue weighted by Gasteiger charge is 2.23. The van der Waals surface area contributed by atoms with Crippen LogP contribution < -0.4 is 5.32 Å². The molecule has 1 amide bonds. The van der Waals surface area contributed by atoms with Crippen molar-refractivity contribution in [3.63, 3.8) is 0 Å². The van der Waals surface area contributed by atoms with Gasteiger partial charge in [-0.15, -0.1) is 0 Å². The van der Waals surface area contributed by atoms with Crippen molar-refractivity contribution in [2.24, 2.45) is 0 Å². The highest BCUT2D eigenvalue weighted by atomic mass is 19.1. The van der Waals surface area contributed by atoms with Crippen molar-refractivity contribution >= 4 is 34.0 Å². The summed E-state index contributed by atoms with van der Waals surface area (Å²) in [5.41, 5.74) is 2.86. The van der Waals surface area contributed by atoms with Crippen molar-refractivity contribution in [3.05, 3.63) is 65.6 Å². The Morgan fingerprint density at radius 2 is 1.76 bits per heavy atom. The summed E-state index contributed by atoms with van der Waals surface area (Å²) in [5.74, 6) is -0.517. The smallest absolute Gasteiger partial charge is 0.257 e. The van der Waals surface area contributed by atoms with Crippen molar-refractivity contribution in [1.82, 2.24) is 9.88 Å². The van der Waals surface area contributed by atoms with Gasteiger partial charge in [-0.2, -0.15) is 0 Å². The molecule has 4 rings (SSSR count). The fourth-order valence-corrected chi connectivity index (χ4v) is 3.66. The topological polar surface area (TPSA) is 62.3 Å². The Labute approximate surface area is 168 Å². The lowest BCUT2D eigenvalue weighted by Crippen LogP contribution is -2.36. The molecule has 29 heavy (non-hydrogen) atoms. The zero-order chi connectivity index (χ0) is 20.4. The van der Waals surface area contributed by atoms with Crippen LogP contribution >= 0.6 is 0 Å². The number of benzene rings is 2. The van der Waals surface area contributed by atoms with E-state index in [1.54, 1.807) is 36.5 Å². The van der Waals surface area contributed by atoms with E-state index in [4.69, 9.17) is 0 Å². The van der Waals surface area contributed by atoms with Crippen LogP contribution in [0.5, 0.6) is 0 Å². The van der Waals surface area contributed by atoms with Gasteiger partial charge in [-0.1, -0.05) is 0 Å². The normalized spacial score (nSPS) is 14.1. The van der Waals surface area contributed by atoms with E-state index in [0.29, 0.717) is 46.5 Å². The maximum atomic E-state index is 14.0. The first-order valence-corrected chi connectivity index (χ1v) is 9.78. The minimum absolute atomic E-state index is 0.0195. The van der Waals surface area contributed by atoms with Crippen LogP contribution in [0.2, 0.25) is 0 Å². The average Bonchev–Trinajstić information content (AvgIpc) is 2.74. The van der Waals surface area contributed by atoms with Gasteiger partial charge in [0.05, 0.1) is 16.8 Å². The predicted octanol–water partition coefficient (Wildman–Crippen LogP) is 4.95. The molecule has 2 aromatic carbocycles. The first-order chi connectivity index (χ1) is 14.0. The Morgan fingerprint density at radius 1 is 1.03 bits per heavy atom. The van der Waals surface area contributed by atoms with Gasteiger partial charge in [0.2, 0.25) is 0 Å². The number of fused-ring (bicyclic) bond motifs is 1. The zero-order valence-corrected chi connectivity index (χ0v) is 16.2. The SMILES string of the molecule is CC(=O)c1ccc(Nc2c(C(=O)N3CCCCC3)cnc3ccc(F)cc23)cc1. The van der Waals surface area contributed by atoms with E-state index >= 15 is 0 Å². The number of nitrogens with one attached hydrogen (secondary N) is 1. The quantitative estimate of drug-likeness (QED) is 0.640. The molecule has 0 saturated carbocycles. The lowest BCUT2D eigenvalue weighted by Gasteiger charge is -2.27. The molecule has 6 heteroatoms. The van der Waals surface area contributed by atoms with Crippen LogP contribution in [0.4, 0.5) is 15.8 Å². The second-order valence-electron chi connectivity index (χ2n) is 7.32. The number of aromatic nitrogens is 1. The van der Waals surface area contributed by atoms with E-state index < -0.39 is 5.82 Å². The van der Waals surface area contributed by atoms with Gasteiger partial charge in [0.25, 0.3) is 5.91 Å². The number of carbonyl (C=O) groups excluding carboxylic acids is 2. The summed E-state index contributed by atoms with van der Waals surface area (Å²) in [4.78, 5) is 30.9. The molecule has 1 fully saturated rings. The maximum absolute atomic E-state index is 14.0. The highest BCUT2D eigenvalue weighted by molar-refractivity contribution is 6.08. The molecule has 1 N–H and O–H groups in total. The van der Waals surface area contributed by atoms with Crippen molar-refractivity contribution in [1.29, 1.82) is 0 Å². The number of nitrogens with zero attached hydrogens (tertiary/aromatic N) is 2. The second kappa shape index (κ2) is 7.99. The molecule has 0 aliphatic carbocycles. The fourth-order valence-electron chi connectivity index (χ4n) is 3.66. The van der Waals surface area contributed by atoms with E-state index in [1.807, 2.05) is 4.90 Å². The van der Waals surface area contributed by atoms with E-state index in [1.165, 1.54) is 19.1 Å². The monoisotopic (exact) mass is 391 g/mol. The van der Waals surface area contributed by atoms with Gasteiger partial charge in [-0.25, -0.2) is 4.39 Å². The van der Waals surface area contributed by atoms with Crippen LogP contribution in [0, 0.1) is 5.82 Å². The average molecular weight is 391 g/mol. The number of hydrogen-bond donors (Lipinski definition) is 1. The van der Waals surface area contributed by atoms with Crippen molar-refractivity contribution in [2.75, 3.05) is 18.4 Å². The van der Waals surface area contributed by atoms with E-state index in [-0.39, 0.29) is 11.7 Å². The van der Waals surface area contributed by atoms with Crippen LogP contribution in [0.25, 0.3) is 10.9 Å². The third-order valence-corrected chi connectivity index (χ3v) is 5.26. The van der Waals surface area contributed by atoms with Gasteiger partial charge >= 0.3 is 0 Å². The Balaban J connectivity index is 1.78. The van der Waals surface area contributed by atoms with Crippen molar-refractivity contribution in [3.8, 4) is 0 Å². The number of ketones is 1. The first-order valence-electron chi connectivity index (χ1n) is 9.78. The third-order valence-electron chi connectivity index (χ3n) is 5.26. The lowest BCUT2D eigenvalue weighted by molar-refractivity contribution is 0.0725. The summed E-state index contributed by atoms with van der Waals surface area (Å²) in [7, 11) is 0. The molecular formula is C23H22FN3O2. The Bertz CT molecular complexity index is 1070. The summed E-state index contributed by atoms with van der Waals surface area (Å²) < 4.78 is 14.0. The molecule has 1 saturated heterocycles. The molecule has 2 heterocycles. The van der Waals surface area contributed by atoms with Crippen LogP contribution in [-0.4, -0.2) is 34.7 Å². The number of piperidine rings is 1. The summed E-state index contributed by atoms with van der Waals surface area (Å²) in [6.45, 7) is 2.94. The second-order valence-corrected chi connectivity index (χ2v) is 7.32. The van der Waals surface area contributed by atoms with Gasteiger partial charge in [0.15, 0.2) is 5.78 Å². The molecule has 148 valence electrons. The number of amides is 1. The minimum atomic E-state index is -0.392. The summed E-state index contributed by atoms with van der Waals surface area (Å²) in [6, 6.07) is 11.3. The van der Waals surface area contributed by atoms with Crippen molar-refractivity contribution < 1.29 is 14.0 Å². The molecule has 0 atom stereocenters. The molecule has 3 aromatic rings. The number of pyridine rings is 1. The molecule has 1 aromatic heterocycles. The van der Waals surface area contributed by atoms with Crippen LogP contribution in [0.1, 0.15) is 46.9 Å². The number of Topliss-reactive ketones (excluding diaryl/α,β-unsaturated/α-hetero) is 1. The van der Waals surface area contributed by atoms with Gasteiger partial charge in [-0.3, -0.25) is 14.6 Å². The molecule has 0 unspecified atom stereocenters. The lowest BCUT2D eigenvalue weighted by atomic mass is 10.1. The minimum Gasteiger partial charge on any atom is -0.354 e. The van der Waals surface area contributed by atoms with E-state index in [9.17, 15) is 14.0 Å². The molecule has 5 nitrogen and oxygen atoms in total. The number of carbonyl (C=O) groups is 2. The number of halogens is 1. The number of rotatable bonds is 4. The van der Waals surface area contributed by atoms with Crippen molar-refractivity contribution in [2.45, 2.75) is 26.2 Å². The van der Waals surface area contributed by atoms with E-state index in [0.717, 1.165) is 19.3 Å². The molecule has 0 radical (unpaired) electrons. The van der Waals surface area contributed by atoms with E-state index in [2.05, 4.69) is 10.3 Å². The Hall–Kier alpha value is -3.28. The largest absolute Gasteiger partial charge is 0.354 e. The highest BCUT2D eigenvalue weighted by Crippen LogP contribution is 2.31. The molecule has 0 bridgehead atoms. The maximum Gasteiger partial charge on any atom is 0.257 e. The van der Waals surface area contributed by atoms with Gasteiger partial charge in [0.1, 0.15) is 5.82 Å². The molecule has 1 aliphatic rings. The van der Waals surface area contributed by atoms with Gasteiger partial charge < -0.3 is 10.2 Å². The molecular weight excluding hydrogens is 369 g/mol. The van der Waals surface area contributed by atoms with Crippen LogP contribution in [-0.2, 0) is 0 Å². The predicted molar refractivity (Wildman–Crippen MR) is 111 cm³/mol. The standard InChI is InChI=1S/C23H22FN3O2/c1-15(28)16-5-8-18(9-6-16)26-22-19-13-17(24)7-10-21(19)25-14-20(22)23(29)27-11-3-2-4-12-27/h5-10,13-14H,2-4,11-12H2,1H3,(H,25,26). The van der Waals surface area contributed by atoms with Crippen LogP contribution in [0.15, 0.2) is 48.7 Å². The first kappa shape index (κ1) is 19.1. The molecule has 1 aliphatic heterocycles. The number of anilines is 2. The van der Waals surface area contributed by atoms with Gasteiger partial charge in [0, 0.05) is 35.9 Å². The Kier molecular flexibility index (Phi) is 5.25. The summed E-state index contributed by atoms with van der Waals surface area (Å²) in [5, 5.41) is 3.81. The summed E-state index contributed by atoms with van der Waals surface area (Å²) >= 11 is 0. The number of hydrogen-bond acceptors (Lipinski definition) is 4. The third kappa shape index (κ3) is 3.97. The molecule has 0 spiro atoms. The summed E-state index contributed by atoms with van der Waals surface area (Å²) in [6.07, 6.45) is 4.65. The Morgan fingerprint density at radius 3 is 2.45 bits per heavy atom. The fraction of sp³-hybridized carbons (Fsp3) is 0.261. The van der Waals surface area contributed by atoms with Gasteiger partial charge in [-0.05, 0) is 68.7 Å². The van der Waals surface area contributed by atoms with Crippen LogP contribution in [0.3, 0.4) is 0 Å². The zero-order valence-electron chi connectivity index (χ0n) is 16.2. The number of likely N-dealkylation sites (tertiary alicyclic amines) is 1.